The van der Waals surface area contributed by atoms with Crippen LogP contribution in [0.25, 0.3) is 0 Å². The van der Waals surface area contributed by atoms with Crippen LogP contribution in [0.4, 0.5) is 0 Å². The fourth-order valence-corrected chi connectivity index (χ4v) is 3.67. The van der Waals surface area contributed by atoms with Gasteiger partial charge in [0.25, 0.3) is 0 Å². The van der Waals surface area contributed by atoms with Gasteiger partial charge in [-0.1, -0.05) is 12.8 Å². The van der Waals surface area contributed by atoms with Crippen molar-refractivity contribution in [3.05, 3.63) is 0 Å². The van der Waals surface area contributed by atoms with Crippen molar-refractivity contribution in [2.24, 2.45) is 5.92 Å². The van der Waals surface area contributed by atoms with Gasteiger partial charge in [0, 0.05) is 25.8 Å². The minimum absolute atomic E-state index is 0.0259. The molecule has 0 aromatic carbocycles. The Balaban J connectivity index is 1.85. The smallest absolute Gasteiger partial charge is 0.170 e. The minimum Gasteiger partial charge on any atom is -0.352 e. The van der Waals surface area contributed by atoms with Crippen molar-refractivity contribution in [3.63, 3.8) is 0 Å². The van der Waals surface area contributed by atoms with Gasteiger partial charge >= 0.3 is 0 Å². The zero-order valence-corrected chi connectivity index (χ0v) is 12.1. The molecular formula is C15H29NO2. The molecule has 0 radical (unpaired) electrons. The van der Waals surface area contributed by atoms with Crippen LogP contribution in [0.2, 0.25) is 0 Å². The van der Waals surface area contributed by atoms with Gasteiger partial charge in [-0.3, -0.25) is 4.90 Å². The number of ether oxygens (including phenoxy) is 2. The summed E-state index contributed by atoms with van der Waals surface area (Å²) in [6, 6.07) is 0.802. The third-order valence-electron chi connectivity index (χ3n) is 4.45. The lowest BCUT2D eigenvalue weighted by molar-refractivity contribution is -0.149. The zero-order valence-electron chi connectivity index (χ0n) is 12.1. The monoisotopic (exact) mass is 255 g/mol. The lowest BCUT2D eigenvalue weighted by Gasteiger charge is -2.32. The summed E-state index contributed by atoms with van der Waals surface area (Å²) in [6.07, 6.45) is 8.47. The highest BCUT2D eigenvalue weighted by atomic mass is 16.7. The second-order valence-corrected chi connectivity index (χ2v) is 5.59. The van der Waals surface area contributed by atoms with E-state index >= 15 is 0 Å². The van der Waals surface area contributed by atoms with Gasteiger partial charge in [0.15, 0.2) is 6.29 Å². The maximum Gasteiger partial charge on any atom is 0.170 e. The van der Waals surface area contributed by atoms with Crippen molar-refractivity contribution in [2.45, 2.75) is 64.7 Å². The molecule has 106 valence electrons. The lowest BCUT2D eigenvalue weighted by atomic mass is 9.96. The van der Waals surface area contributed by atoms with Crippen LogP contribution >= 0.6 is 0 Å². The third-order valence-corrected chi connectivity index (χ3v) is 4.45. The first-order valence-corrected chi connectivity index (χ1v) is 7.82. The Bertz CT molecular complexity index is 223. The Hall–Kier alpha value is -0.120. The molecule has 1 saturated carbocycles. The summed E-state index contributed by atoms with van der Waals surface area (Å²) < 4.78 is 11.4. The van der Waals surface area contributed by atoms with Crippen LogP contribution in [0.15, 0.2) is 0 Å². The van der Waals surface area contributed by atoms with Gasteiger partial charge in [0.1, 0.15) is 0 Å². The average Bonchev–Trinajstić information content (AvgIpc) is 2.99. The fraction of sp³-hybridized carbons (Fsp3) is 1.00. The van der Waals surface area contributed by atoms with E-state index in [-0.39, 0.29) is 6.29 Å². The van der Waals surface area contributed by atoms with Gasteiger partial charge in [0.2, 0.25) is 0 Å². The molecule has 18 heavy (non-hydrogen) atoms. The molecule has 1 heterocycles. The average molecular weight is 255 g/mol. The van der Waals surface area contributed by atoms with Crippen molar-refractivity contribution >= 4 is 0 Å². The highest BCUT2D eigenvalue weighted by Crippen LogP contribution is 2.35. The molecule has 0 aromatic rings. The van der Waals surface area contributed by atoms with E-state index in [9.17, 15) is 0 Å². The van der Waals surface area contributed by atoms with Crippen molar-refractivity contribution in [3.8, 4) is 0 Å². The molecule has 0 amide bonds. The number of hydrogen-bond donors (Lipinski definition) is 0. The van der Waals surface area contributed by atoms with E-state index in [1.54, 1.807) is 0 Å². The first-order valence-electron chi connectivity index (χ1n) is 7.82. The van der Waals surface area contributed by atoms with Gasteiger partial charge in [-0.25, -0.2) is 0 Å². The van der Waals surface area contributed by atoms with E-state index in [0.29, 0.717) is 0 Å². The van der Waals surface area contributed by atoms with E-state index in [4.69, 9.17) is 9.47 Å². The Morgan fingerprint density at radius 3 is 2.28 bits per heavy atom. The SMILES string of the molecule is CCOC(CN1CCCC1C1CCCC1)OCC. The van der Waals surface area contributed by atoms with Crippen LogP contribution in [0.5, 0.6) is 0 Å². The minimum atomic E-state index is -0.0259. The molecule has 2 aliphatic rings. The topological polar surface area (TPSA) is 21.7 Å². The Morgan fingerprint density at radius 1 is 1.00 bits per heavy atom. The van der Waals surface area contributed by atoms with E-state index in [1.807, 2.05) is 13.8 Å². The predicted molar refractivity (Wildman–Crippen MR) is 73.6 cm³/mol. The summed E-state index contributed by atoms with van der Waals surface area (Å²) in [5.74, 6) is 0.941. The zero-order chi connectivity index (χ0) is 12.8. The molecule has 2 fully saturated rings. The third kappa shape index (κ3) is 3.69. The number of rotatable bonds is 7. The molecule has 0 aromatic heterocycles. The first kappa shape index (κ1) is 14.3. The Morgan fingerprint density at radius 2 is 1.67 bits per heavy atom. The summed E-state index contributed by atoms with van der Waals surface area (Å²) in [6.45, 7) is 7.77. The van der Waals surface area contributed by atoms with Crippen LogP contribution in [-0.2, 0) is 9.47 Å². The van der Waals surface area contributed by atoms with Crippen LogP contribution < -0.4 is 0 Å². The van der Waals surface area contributed by atoms with Gasteiger partial charge in [-0.15, -0.1) is 0 Å². The van der Waals surface area contributed by atoms with Crippen molar-refractivity contribution < 1.29 is 9.47 Å². The van der Waals surface area contributed by atoms with Crippen molar-refractivity contribution in [2.75, 3.05) is 26.3 Å². The number of hydrogen-bond acceptors (Lipinski definition) is 3. The number of likely N-dealkylation sites (tertiary alicyclic amines) is 1. The molecule has 3 heteroatoms. The fourth-order valence-electron chi connectivity index (χ4n) is 3.67. The molecule has 2 rings (SSSR count). The van der Waals surface area contributed by atoms with E-state index < -0.39 is 0 Å². The molecule has 1 atom stereocenters. The lowest BCUT2D eigenvalue weighted by Crippen LogP contribution is -2.41. The van der Waals surface area contributed by atoms with E-state index in [0.717, 1.165) is 31.7 Å². The van der Waals surface area contributed by atoms with Crippen LogP contribution in [-0.4, -0.2) is 43.5 Å². The van der Waals surface area contributed by atoms with Crippen molar-refractivity contribution in [1.29, 1.82) is 0 Å². The van der Waals surface area contributed by atoms with E-state index in [2.05, 4.69) is 4.90 Å². The first-order chi connectivity index (χ1) is 8.85. The largest absolute Gasteiger partial charge is 0.352 e. The van der Waals surface area contributed by atoms with Crippen LogP contribution in [0, 0.1) is 5.92 Å². The molecule has 0 spiro atoms. The Labute approximate surface area is 112 Å². The Kier molecular flexibility index (Phi) is 5.93. The maximum absolute atomic E-state index is 5.69. The second-order valence-electron chi connectivity index (χ2n) is 5.59. The summed E-state index contributed by atoms with van der Waals surface area (Å²) in [7, 11) is 0. The maximum atomic E-state index is 5.69. The number of nitrogens with zero attached hydrogens (tertiary/aromatic N) is 1. The molecule has 1 saturated heterocycles. The van der Waals surface area contributed by atoms with Gasteiger partial charge in [-0.05, 0) is 52.0 Å². The highest BCUT2D eigenvalue weighted by Gasteiger charge is 2.34. The van der Waals surface area contributed by atoms with Crippen LogP contribution in [0.3, 0.4) is 0 Å². The summed E-state index contributed by atoms with van der Waals surface area (Å²) in [4.78, 5) is 2.63. The van der Waals surface area contributed by atoms with Gasteiger partial charge in [0.05, 0.1) is 0 Å². The van der Waals surface area contributed by atoms with Crippen LogP contribution in [0.1, 0.15) is 52.4 Å². The van der Waals surface area contributed by atoms with Gasteiger partial charge < -0.3 is 9.47 Å². The van der Waals surface area contributed by atoms with Crippen molar-refractivity contribution in [1.82, 2.24) is 4.90 Å². The molecule has 1 unspecified atom stereocenters. The molecule has 1 aliphatic carbocycles. The summed E-state index contributed by atoms with van der Waals surface area (Å²) in [5, 5.41) is 0. The molecular weight excluding hydrogens is 226 g/mol. The normalized spacial score (nSPS) is 26.5. The standard InChI is InChI=1S/C15H29NO2/c1-3-17-15(18-4-2)12-16-11-7-10-14(16)13-8-5-6-9-13/h13-15H,3-12H2,1-2H3. The summed E-state index contributed by atoms with van der Waals surface area (Å²) in [5.41, 5.74) is 0. The highest BCUT2D eigenvalue weighted by molar-refractivity contribution is 4.87. The summed E-state index contributed by atoms with van der Waals surface area (Å²) >= 11 is 0. The quantitative estimate of drug-likeness (QED) is 0.653. The predicted octanol–water partition coefficient (Wildman–Crippen LogP) is 3.04. The molecule has 0 bridgehead atoms. The second kappa shape index (κ2) is 7.46. The molecule has 1 aliphatic heterocycles. The van der Waals surface area contributed by atoms with Gasteiger partial charge in [-0.2, -0.15) is 0 Å². The van der Waals surface area contributed by atoms with E-state index in [1.165, 1.54) is 45.1 Å². The molecule has 3 nitrogen and oxygen atoms in total. The molecule has 0 N–H and O–H groups in total.